The Bertz CT molecular complexity index is 512. The third-order valence-corrected chi connectivity index (χ3v) is 2.20. The molecule has 0 radical (unpaired) electrons. The lowest BCUT2D eigenvalue weighted by Gasteiger charge is -2.11. The predicted octanol–water partition coefficient (Wildman–Crippen LogP) is 0.203. The lowest BCUT2D eigenvalue weighted by Crippen LogP contribution is -2.08. The lowest BCUT2D eigenvalue weighted by molar-refractivity contribution is 0.699. The third kappa shape index (κ3) is 2.57. The zero-order chi connectivity index (χ0) is 12.3. The molecule has 1 aromatic heterocycles. The van der Waals surface area contributed by atoms with E-state index in [-0.39, 0.29) is 5.95 Å². The highest BCUT2D eigenvalue weighted by Gasteiger charge is 1.97. The minimum Gasteiger partial charge on any atom is -0.378 e. The maximum atomic E-state index is 5.47. The van der Waals surface area contributed by atoms with Crippen LogP contribution in [0, 0.1) is 0 Å². The van der Waals surface area contributed by atoms with Crippen molar-refractivity contribution in [3.05, 3.63) is 29.8 Å². The van der Waals surface area contributed by atoms with Crippen LogP contribution in [0.3, 0.4) is 0 Å². The van der Waals surface area contributed by atoms with Crippen LogP contribution in [-0.2, 0) is 0 Å². The number of benzene rings is 1. The van der Waals surface area contributed by atoms with Gasteiger partial charge in [0.2, 0.25) is 0 Å². The fraction of sp³-hybridized carbons (Fsp3) is 0.200. The molecule has 1 aromatic carbocycles. The Hall–Kier alpha value is -2.44. The number of tetrazole rings is 1. The molecule has 88 valence electrons. The Labute approximate surface area is 98.5 Å². The Kier molecular flexibility index (Phi) is 2.99. The molecular weight excluding hydrogens is 218 g/mol. The molecule has 0 bridgehead atoms. The first-order valence-electron chi connectivity index (χ1n) is 5.02. The van der Waals surface area contributed by atoms with Crippen LogP contribution < -0.4 is 10.6 Å². The van der Waals surface area contributed by atoms with Gasteiger partial charge in [-0.1, -0.05) is 22.0 Å². The van der Waals surface area contributed by atoms with Crippen LogP contribution in [0.15, 0.2) is 29.4 Å². The van der Waals surface area contributed by atoms with E-state index >= 15 is 0 Å². The topological polar surface area (TPSA) is 85.2 Å². The molecule has 0 aliphatic rings. The number of nitrogen functional groups attached to an aromatic ring is 1. The molecule has 0 unspecified atom stereocenters. The molecule has 0 saturated heterocycles. The highest BCUT2D eigenvalue weighted by Crippen LogP contribution is 2.10. The average molecular weight is 231 g/mol. The van der Waals surface area contributed by atoms with Crippen LogP contribution in [0.5, 0.6) is 0 Å². The van der Waals surface area contributed by atoms with Gasteiger partial charge in [-0.25, -0.2) is 0 Å². The standard InChI is InChI=1S/C10H13N7/c1-16(2)9-5-3-8(4-6-9)7-12-17-10(11)13-14-15-17/h3-7H,1-2H3,(H2,11,13,15). The predicted molar refractivity (Wildman–Crippen MR) is 66.0 cm³/mol. The maximum Gasteiger partial charge on any atom is 0.263 e. The molecule has 0 atom stereocenters. The van der Waals surface area contributed by atoms with Crippen molar-refractivity contribution in [1.82, 2.24) is 20.3 Å². The van der Waals surface area contributed by atoms with Gasteiger partial charge in [-0.2, -0.15) is 5.10 Å². The quantitative estimate of drug-likeness (QED) is 0.763. The highest BCUT2D eigenvalue weighted by molar-refractivity contribution is 5.80. The van der Waals surface area contributed by atoms with Crippen molar-refractivity contribution < 1.29 is 0 Å². The summed E-state index contributed by atoms with van der Waals surface area (Å²) in [5.41, 5.74) is 7.55. The number of anilines is 2. The molecule has 0 amide bonds. The van der Waals surface area contributed by atoms with E-state index in [2.05, 4.69) is 20.6 Å². The van der Waals surface area contributed by atoms with Crippen molar-refractivity contribution in [2.75, 3.05) is 24.7 Å². The number of rotatable bonds is 3. The molecule has 0 saturated carbocycles. The van der Waals surface area contributed by atoms with Gasteiger partial charge >= 0.3 is 0 Å². The van der Waals surface area contributed by atoms with Gasteiger partial charge in [0.1, 0.15) is 0 Å². The first-order valence-corrected chi connectivity index (χ1v) is 5.02. The zero-order valence-electron chi connectivity index (χ0n) is 9.65. The Morgan fingerprint density at radius 3 is 2.53 bits per heavy atom. The molecule has 0 fully saturated rings. The Balaban J connectivity index is 2.14. The van der Waals surface area contributed by atoms with E-state index in [1.807, 2.05) is 43.3 Å². The Morgan fingerprint density at radius 2 is 2.00 bits per heavy atom. The highest BCUT2D eigenvalue weighted by atomic mass is 15.7. The molecule has 2 aromatic rings. The van der Waals surface area contributed by atoms with E-state index in [0.29, 0.717) is 0 Å². The smallest absolute Gasteiger partial charge is 0.263 e. The molecule has 1 heterocycles. The van der Waals surface area contributed by atoms with E-state index in [1.165, 1.54) is 4.79 Å². The van der Waals surface area contributed by atoms with Gasteiger partial charge in [-0.05, 0) is 28.1 Å². The molecule has 2 rings (SSSR count). The van der Waals surface area contributed by atoms with Crippen LogP contribution in [0.25, 0.3) is 0 Å². The van der Waals surface area contributed by atoms with Crippen molar-refractivity contribution in [1.29, 1.82) is 0 Å². The first kappa shape index (κ1) is 11.1. The lowest BCUT2D eigenvalue weighted by atomic mass is 10.2. The van der Waals surface area contributed by atoms with Gasteiger partial charge in [0, 0.05) is 19.8 Å². The molecule has 7 nitrogen and oxygen atoms in total. The normalized spacial score (nSPS) is 10.9. The molecule has 0 spiro atoms. The zero-order valence-corrected chi connectivity index (χ0v) is 9.65. The molecular formula is C10H13N7. The average Bonchev–Trinajstić information content (AvgIpc) is 2.73. The van der Waals surface area contributed by atoms with Crippen LogP contribution in [0.2, 0.25) is 0 Å². The summed E-state index contributed by atoms with van der Waals surface area (Å²) in [6, 6.07) is 7.92. The van der Waals surface area contributed by atoms with E-state index in [9.17, 15) is 0 Å². The number of hydrogen-bond acceptors (Lipinski definition) is 6. The summed E-state index contributed by atoms with van der Waals surface area (Å²) in [5, 5.41) is 14.5. The monoisotopic (exact) mass is 231 g/mol. The SMILES string of the molecule is CN(C)c1ccc(C=Nn2nnnc2N)cc1. The largest absolute Gasteiger partial charge is 0.378 e. The molecule has 2 N–H and O–H groups in total. The molecule has 7 heteroatoms. The van der Waals surface area contributed by atoms with Crippen molar-refractivity contribution in [3.8, 4) is 0 Å². The summed E-state index contributed by atoms with van der Waals surface area (Å²) in [5.74, 6) is 0.158. The van der Waals surface area contributed by atoms with Gasteiger partial charge < -0.3 is 10.6 Å². The second-order valence-electron chi connectivity index (χ2n) is 3.66. The van der Waals surface area contributed by atoms with Gasteiger partial charge in [-0.3, -0.25) is 0 Å². The summed E-state index contributed by atoms with van der Waals surface area (Å²) in [6.07, 6.45) is 1.64. The maximum absolute atomic E-state index is 5.47. The van der Waals surface area contributed by atoms with Gasteiger partial charge in [-0.15, -0.1) is 0 Å². The summed E-state index contributed by atoms with van der Waals surface area (Å²) in [4.78, 5) is 3.19. The second kappa shape index (κ2) is 4.60. The van der Waals surface area contributed by atoms with E-state index in [4.69, 9.17) is 5.73 Å². The van der Waals surface area contributed by atoms with Gasteiger partial charge in [0.15, 0.2) is 0 Å². The van der Waals surface area contributed by atoms with Crippen LogP contribution in [-0.4, -0.2) is 40.6 Å². The molecule has 17 heavy (non-hydrogen) atoms. The second-order valence-corrected chi connectivity index (χ2v) is 3.66. The fourth-order valence-corrected chi connectivity index (χ4v) is 1.25. The van der Waals surface area contributed by atoms with E-state index in [1.54, 1.807) is 6.21 Å². The van der Waals surface area contributed by atoms with Crippen molar-refractivity contribution in [3.63, 3.8) is 0 Å². The van der Waals surface area contributed by atoms with Gasteiger partial charge in [0.05, 0.1) is 6.21 Å². The molecule has 0 aliphatic carbocycles. The van der Waals surface area contributed by atoms with E-state index < -0.39 is 0 Å². The van der Waals surface area contributed by atoms with Crippen molar-refractivity contribution >= 4 is 17.9 Å². The third-order valence-electron chi connectivity index (χ3n) is 2.20. The van der Waals surface area contributed by atoms with Gasteiger partial charge in [0.25, 0.3) is 5.95 Å². The van der Waals surface area contributed by atoms with Crippen LogP contribution >= 0.6 is 0 Å². The number of hydrogen-bond donors (Lipinski definition) is 1. The summed E-state index contributed by atoms with van der Waals surface area (Å²) < 4.78 is 0. The van der Waals surface area contributed by atoms with Crippen LogP contribution in [0.1, 0.15) is 5.56 Å². The number of nitrogens with two attached hydrogens (primary N) is 1. The van der Waals surface area contributed by atoms with Crippen LogP contribution in [0.4, 0.5) is 11.6 Å². The first-order chi connectivity index (χ1) is 8.16. The fourth-order valence-electron chi connectivity index (χ4n) is 1.25. The minimum absolute atomic E-state index is 0.158. The Morgan fingerprint density at radius 1 is 1.29 bits per heavy atom. The summed E-state index contributed by atoms with van der Waals surface area (Å²) in [6.45, 7) is 0. The van der Waals surface area contributed by atoms with Crippen molar-refractivity contribution in [2.24, 2.45) is 5.10 Å². The summed E-state index contributed by atoms with van der Waals surface area (Å²) in [7, 11) is 3.98. The molecule has 0 aliphatic heterocycles. The number of nitrogens with zero attached hydrogens (tertiary/aromatic N) is 6. The minimum atomic E-state index is 0.158. The summed E-state index contributed by atoms with van der Waals surface area (Å²) >= 11 is 0. The van der Waals surface area contributed by atoms with Crippen molar-refractivity contribution in [2.45, 2.75) is 0 Å². The van der Waals surface area contributed by atoms with E-state index in [0.717, 1.165) is 11.3 Å². The number of aromatic nitrogens is 4.